The summed E-state index contributed by atoms with van der Waals surface area (Å²) in [5.41, 5.74) is 0.792. The van der Waals surface area contributed by atoms with Gasteiger partial charge in [-0.15, -0.1) is 4.40 Å². The molecule has 2 bridgehead atoms. The van der Waals surface area contributed by atoms with Crippen LogP contribution in [0.3, 0.4) is 0 Å². The van der Waals surface area contributed by atoms with Crippen LogP contribution in [0.2, 0.25) is 5.02 Å². The van der Waals surface area contributed by atoms with Crippen molar-refractivity contribution in [3.63, 3.8) is 0 Å². The normalized spacial score (nSPS) is 27.2. The van der Waals surface area contributed by atoms with E-state index in [0.29, 0.717) is 5.56 Å². The third-order valence-electron chi connectivity index (χ3n) is 8.07. The van der Waals surface area contributed by atoms with Crippen LogP contribution in [-0.2, 0) is 37.0 Å². The number of nitrogens with one attached hydrogen (secondary N) is 1. The lowest BCUT2D eigenvalue weighted by Crippen LogP contribution is -2.53. The van der Waals surface area contributed by atoms with Crippen molar-refractivity contribution in [2.24, 2.45) is 22.2 Å². The third-order valence-corrected chi connectivity index (χ3v) is 10.5. The van der Waals surface area contributed by atoms with Gasteiger partial charge in [0.2, 0.25) is 0 Å². The number of amidine groups is 1. The minimum Gasteiger partial charge on any atom is -0.511 e. The molecule has 1 amide bonds. The highest BCUT2D eigenvalue weighted by molar-refractivity contribution is 7.90. The number of rotatable bonds is 5. The van der Waals surface area contributed by atoms with E-state index in [2.05, 4.69) is 9.71 Å². The van der Waals surface area contributed by atoms with Gasteiger partial charge in [-0.05, 0) is 66.5 Å². The summed E-state index contributed by atoms with van der Waals surface area (Å²) < 4.78 is 67.5. The Balaban J connectivity index is 1.41. The van der Waals surface area contributed by atoms with Crippen LogP contribution in [0, 0.1) is 23.6 Å². The van der Waals surface area contributed by atoms with Crippen molar-refractivity contribution in [1.82, 2.24) is 4.90 Å². The zero-order valence-electron chi connectivity index (χ0n) is 20.8. The number of aliphatic hydroxyl groups excluding tert-OH is 1. The fraction of sp³-hybridized carbons (Fsp3) is 0.385. The van der Waals surface area contributed by atoms with Gasteiger partial charge < -0.3 is 15.3 Å². The minimum absolute atomic E-state index is 0.0728. The molecule has 9 nitrogen and oxygen atoms in total. The fourth-order valence-electron chi connectivity index (χ4n) is 6.59. The highest BCUT2D eigenvalue weighted by Gasteiger charge is 2.57. The molecule has 2 aliphatic carbocycles. The Morgan fingerprint density at radius 3 is 2.59 bits per heavy atom. The second kappa shape index (κ2) is 9.03. The topological polar surface area (TPSA) is 133 Å². The molecule has 2 N–H and O–H groups in total. The molecule has 206 valence electrons. The maximum Gasteiger partial charge on any atom is 0.286 e. The summed E-state index contributed by atoms with van der Waals surface area (Å²) >= 11 is 5.98. The molecule has 4 aliphatic rings. The molecular formula is C26H25ClFN3O6S2. The summed E-state index contributed by atoms with van der Waals surface area (Å²) in [6, 6.07) is 8.09. The summed E-state index contributed by atoms with van der Waals surface area (Å²) in [7, 11) is -7.73. The molecule has 2 aliphatic heterocycles. The van der Waals surface area contributed by atoms with Crippen LogP contribution >= 0.6 is 11.6 Å². The number of carbonyl (C=O) groups excluding carboxylic acids is 1. The first kappa shape index (κ1) is 26.3. The SMILES string of the molecule is CS(=O)(=O)Cc1ccc2c(c1)S(=O)(=O)N=C(C1=C(O)C3C([C@H]4CC[C@@H]3C4)N(Cc3ccc(F)c(Cl)c3)C1=O)N2. The van der Waals surface area contributed by atoms with Crippen molar-refractivity contribution in [2.45, 2.75) is 42.5 Å². The van der Waals surface area contributed by atoms with Crippen molar-refractivity contribution in [3.05, 3.63) is 69.7 Å². The predicted octanol–water partition coefficient (Wildman–Crippen LogP) is 3.81. The lowest BCUT2D eigenvalue weighted by atomic mass is 9.77. The molecule has 2 unspecified atom stereocenters. The zero-order valence-corrected chi connectivity index (χ0v) is 23.2. The van der Waals surface area contributed by atoms with Gasteiger partial charge in [0.15, 0.2) is 15.7 Å². The molecule has 0 aromatic heterocycles. The van der Waals surface area contributed by atoms with E-state index < -0.39 is 31.6 Å². The molecule has 39 heavy (non-hydrogen) atoms. The Morgan fingerprint density at radius 2 is 1.87 bits per heavy atom. The molecule has 2 aromatic carbocycles. The lowest BCUT2D eigenvalue weighted by Gasteiger charge is -2.44. The molecule has 13 heteroatoms. The van der Waals surface area contributed by atoms with Crippen molar-refractivity contribution in [1.29, 1.82) is 0 Å². The summed E-state index contributed by atoms with van der Waals surface area (Å²) in [6.45, 7) is 0.103. The Morgan fingerprint density at radius 1 is 1.15 bits per heavy atom. The van der Waals surface area contributed by atoms with E-state index in [0.717, 1.165) is 25.5 Å². The van der Waals surface area contributed by atoms with E-state index in [1.54, 1.807) is 11.0 Å². The number of benzene rings is 2. The predicted molar refractivity (Wildman–Crippen MR) is 143 cm³/mol. The average Bonchev–Trinajstić information content (AvgIpc) is 3.46. The first-order chi connectivity index (χ1) is 18.3. The van der Waals surface area contributed by atoms with Crippen LogP contribution in [0.5, 0.6) is 0 Å². The van der Waals surface area contributed by atoms with Gasteiger partial charge in [-0.1, -0.05) is 23.7 Å². The number of halogens is 2. The maximum atomic E-state index is 14.0. The number of aliphatic hydroxyl groups is 1. The van der Waals surface area contributed by atoms with E-state index in [9.17, 15) is 31.1 Å². The van der Waals surface area contributed by atoms with E-state index in [1.165, 1.54) is 30.3 Å². The lowest BCUT2D eigenvalue weighted by molar-refractivity contribution is -0.134. The van der Waals surface area contributed by atoms with Gasteiger partial charge in [-0.2, -0.15) is 8.42 Å². The fourth-order valence-corrected chi connectivity index (χ4v) is 8.75. The number of sulfonamides is 1. The monoisotopic (exact) mass is 593 g/mol. The van der Waals surface area contributed by atoms with Crippen LogP contribution in [-0.4, -0.2) is 50.9 Å². The quantitative estimate of drug-likeness (QED) is 0.538. The Labute approximate surface area is 230 Å². The number of hydrogen-bond acceptors (Lipinski definition) is 7. The largest absolute Gasteiger partial charge is 0.511 e. The van der Waals surface area contributed by atoms with Crippen LogP contribution in [0.25, 0.3) is 0 Å². The molecule has 2 saturated carbocycles. The second-order valence-electron chi connectivity index (χ2n) is 10.7. The highest BCUT2D eigenvalue weighted by atomic mass is 35.5. The summed E-state index contributed by atoms with van der Waals surface area (Å²) in [5, 5.41) is 14.2. The summed E-state index contributed by atoms with van der Waals surface area (Å²) in [5.74, 6) is -2.03. The smallest absolute Gasteiger partial charge is 0.286 e. The van der Waals surface area contributed by atoms with Crippen LogP contribution in [0.1, 0.15) is 30.4 Å². The van der Waals surface area contributed by atoms with E-state index in [-0.39, 0.29) is 74.4 Å². The number of amides is 1. The Hall–Kier alpha value is -2.96. The number of carbonyl (C=O) groups is 1. The molecule has 2 fully saturated rings. The van der Waals surface area contributed by atoms with E-state index in [1.807, 2.05) is 0 Å². The van der Waals surface area contributed by atoms with E-state index >= 15 is 0 Å². The average molecular weight is 594 g/mol. The molecule has 2 heterocycles. The van der Waals surface area contributed by atoms with Gasteiger partial charge in [-0.25, -0.2) is 12.8 Å². The van der Waals surface area contributed by atoms with Crippen LogP contribution in [0.15, 0.2) is 57.0 Å². The third kappa shape index (κ3) is 4.52. The number of hydrogen-bond donors (Lipinski definition) is 2. The van der Waals surface area contributed by atoms with Gasteiger partial charge in [-0.3, -0.25) is 4.79 Å². The van der Waals surface area contributed by atoms with E-state index in [4.69, 9.17) is 11.6 Å². The molecule has 0 saturated heterocycles. The van der Waals surface area contributed by atoms with Crippen LogP contribution in [0.4, 0.5) is 10.1 Å². The maximum absolute atomic E-state index is 14.0. The zero-order chi connectivity index (χ0) is 27.9. The first-order valence-corrected chi connectivity index (χ1v) is 16.3. The highest BCUT2D eigenvalue weighted by Crippen LogP contribution is 2.55. The molecule has 4 atom stereocenters. The second-order valence-corrected chi connectivity index (χ2v) is 14.9. The Bertz CT molecular complexity index is 1710. The number of sulfone groups is 1. The standard InChI is InChI=1S/C26H25ClFN3O6S2/c1-38(34,35)12-14-3-7-19-20(9-14)39(36,37)30-25(29-19)22-24(32)21-15-4-5-16(10-15)23(21)31(26(22)33)11-13-2-6-18(28)17(27)8-13/h2-3,6-9,15-16,21,23,32H,4-5,10-12H2,1H3,(H,29,30)/t15-,16+,21?,23?/m1/s1. The van der Waals surface area contributed by atoms with Crippen LogP contribution < -0.4 is 5.32 Å². The number of nitrogens with zero attached hydrogens (tertiary/aromatic N) is 2. The molecule has 2 aromatic rings. The molecule has 0 radical (unpaired) electrons. The first-order valence-electron chi connectivity index (χ1n) is 12.4. The molecule has 6 rings (SSSR count). The molecular weight excluding hydrogens is 569 g/mol. The summed E-state index contributed by atoms with van der Waals surface area (Å²) in [4.78, 5) is 15.4. The summed E-state index contributed by atoms with van der Waals surface area (Å²) in [6.07, 6.45) is 3.69. The number of fused-ring (bicyclic) bond motifs is 6. The van der Waals surface area contributed by atoms with Crippen molar-refractivity contribution < 1.29 is 31.1 Å². The Kier molecular flexibility index (Phi) is 6.09. The number of anilines is 1. The van der Waals surface area contributed by atoms with Crippen molar-refractivity contribution in [2.75, 3.05) is 11.6 Å². The molecule has 0 spiro atoms. The van der Waals surface area contributed by atoms with Crippen molar-refractivity contribution in [3.8, 4) is 0 Å². The van der Waals surface area contributed by atoms with Crippen molar-refractivity contribution >= 4 is 48.9 Å². The van der Waals surface area contributed by atoms with Gasteiger partial charge >= 0.3 is 0 Å². The minimum atomic E-state index is -4.33. The van der Waals surface area contributed by atoms with Gasteiger partial charge in [0, 0.05) is 24.8 Å². The van der Waals surface area contributed by atoms with Gasteiger partial charge in [0.25, 0.3) is 15.9 Å². The van der Waals surface area contributed by atoms with Gasteiger partial charge in [0.1, 0.15) is 22.0 Å². The van der Waals surface area contributed by atoms with Gasteiger partial charge in [0.05, 0.1) is 16.5 Å².